The zero-order valence-corrected chi connectivity index (χ0v) is 20.1. The molecule has 10 nitrogen and oxygen atoms in total. The summed E-state index contributed by atoms with van der Waals surface area (Å²) in [4.78, 5) is 51.8. The molecule has 1 aromatic rings. The molecule has 0 bridgehead atoms. The van der Waals surface area contributed by atoms with Crippen LogP contribution in [0.2, 0.25) is 0 Å². The van der Waals surface area contributed by atoms with Crippen molar-refractivity contribution < 1.29 is 39.6 Å². The fraction of sp³-hybridized carbons (Fsp3) is 0.391. The molecule has 0 radical (unpaired) electrons. The van der Waals surface area contributed by atoms with E-state index in [0.717, 1.165) is 0 Å². The summed E-state index contributed by atoms with van der Waals surface area (Å²) in [6.07, 6.45) is 0.455. The number of fused-ring (bicyclic) bond motifs is 3. The van der Waals surface area contributed by atoms with Crippen molar-refractivity contribution in [2.75, 3.05) is 14.1 Å². The van der Waals surface area contributed by atoms with E-state index in [-0.39, 0.29) is 29.5 Å². The topological polar surface area (TPSA) is 178 Å². The first-order chi connectivity index (χ1) is 15.7. The maximum atomic E-state index is 13.8. The average Bonchev–Trinajstić information content (AvgIpc) is 2.72. The summed E-state index contributed by atoms with van der Waals surface area (Å²) in [7, 11) is 3.07. The van der Waals surface area contributed by atoms with Crippen LogP contribution in [-0.2, 0) is 20.8 Å². The number of hydrogen-bond acceptors (Lipinski definition) is 9. The molecule has 3 aliphatic carbocycles. The second kappa shape index (κ2) is 7.49. The number of amides is 1. The third-order valence-corrected chi connectivity index (χ3v) is 7.94. The number of carbonyl (C=O) groups excluding carboxylic acids is 4. The zero-order valence-electron chi connectivity index (χ0n) is 18.5. The van der Waals surface area contributed by atoms with Gasteiger partial charge >= 0.3 is 0 Å². The van der Waals surface area contributed by atoms with Crippen LogP contribution in [0.25, 0.3) is 5.76 Å². The zero-order chi connectivity index (χ0) is 25.5. The van der Waals surface area contributed by atoms with Crippen LogP contribution < -0.4 is 5.73 Å². The number of hydrogen-bond donors (Lipinski definition) is 5. The highest BCUT2D eigenvalue weighted by Crippen LogP contribution is 2.58. The van der Waals surface area contributed by atoms with E-state index in [1.807, 2.05) is 0 Å². The lowest BCUT2D eigenvalue weighted by atomic mass is 9.52. The molecule has 0 spiro atoms. The van der Waals surface area contributed by atoms with Crippen LogP contribution in [0, 0.1) is 11.3 Å². The molecule has 0 heterocycles. The molecule has 3 aliphatic rings. The van der Waals surface area contributed by atoms with Gasteiger partial charge < -0.3 is 26.2 Å². The van der Waals surface area contributed by atoms with Crippen LogP contribution in [0.1, 0.15) is 34.8 Å². The van der Waals surface area contributed by atoms with E-state index in [2.05, 4.69) is 15.9 Å². The summed E-state index contributed by atoms with van der Waals surface area (Å²) in [6, 6.07) is 0.230. The lowest BCUT2D eigenvalue weighted by Crippen LogP contribution is -2.67. The number of halogens is 1. The van der Waals surface area contributed by atoms with Crippen LogP contribution in [0.5, 0.6) is 5.75 Å². The Morgan fingerprint density at radius 3 is 2.41 bits per heavy atom. The number of carbonyl (C=O) groups is 4. The molecule has 6 N–H and O–H groups in total. The highest BCUT2D eigenvalue weighted by Gasteiger charge is 2.66. The molecule has 0 aliphatic heterocycles. The molecule has 1 fully saturated rings. The lowest BCUT2D eigenvalue weighted by Gasteiger charge is -2.53. The molecule has 0 aromatic heterocycles. The normalized spacial score (nSPS) is 30.8. The number of aldehydes is 1. The van der Waals surface area contributed by atoms with Gasteiger partial charge in [0, 0.05) is 21.4 Å². The number of aliphatic hydroxyl groups is 3. The van der Waals surface area contributed by atoms with E-state index < -0.39 is 63.3 Å². The Morgan fingerprint density at radius 1 is 1.26 bits per heavy atom. The van der Waals surface area contributed by atoms with Gasteiger partial charge in [0.25, 0.3) is 5.91 Å². The minimum atomic E-state index is -2.72. The Hall–Kier alpha value is -3.02. The van der Waals surface area contributed by atoms with E-state index in [4.69, 9.17) is 5.73 Å². The van der Waals surface area contributed by atoms with Crippen LogP contribution in [0.4, 0.5) is 0 Å². The van der Waals surface area contributed by atoms with E-state index in [9.17, 15) is 39.6 Å². The van der Waals surface area contributed by atoms with Gasteiger partial charge in [0.1, 0.15) is 22.8 Å². The van der Waals surface area contributed by atoms with Gasteiger partial charge in [0.05, 0.1) is 17.2 Å². The number of phenols is 1. The molecule has 0 saturated heterocycles. The number of benzene rings is 1. The highest BCUT2D eigenvalue weighted by atomic mass is 79.9. The monoisotopic (exact) mass is 534 g/mol. The third kappa shape index (κ3) is 2.87. The van der Waals surface area contributed by atoms with Gasteiger partial charge in [-0.15, -0.1) is 0 Å². The number of rotatable bonds is 3. The Labute approximate surface area is 202 Å². The highest BCUT2D eigenvalue weighted by molar-refractivity contribution is 9.10. The molecular weight excluding hydrogens is 512 g/mol. The molecule has 4 atom stereocenters. The number of nitrogens with two attached hydrogens (primary N) is 1. The SMILES string of the molecule is CN(C)C1C(=O)C(C(N)=O)=C(O)[C@@]2(O)C(=O)C3=C(O)c4c(O)c(C=O)cc(Br)c4C[C@]3(C)C[C@H]12. The largest absolute Gasteiger partial charge is 0.508 e. The predicted octanol–water partition coefficient (Wildman–Crippen LogP) is 0.929. The van der Waals surface area contributed by atoms with Gasteiger partial charge in [-0.05, 0) is 38.6 Å². The summed E-state index contributed by atoms with van der Waals surface area (Å²) < 4.78 is 0.421. The van der Waals surface area contributed by atoms with Gasteiger partial charge in [-0.2, -0.15) is 0 Å². The van der Waals surface area contributed by atoms with E-state index in [1.54, 1.807) is 6.92 Å². The number of aliphatic hydroxyl groups excluding tert-OH is 2. The fourth-order valence-corrected chi connectivity index (χ4v) is 6.33. The first kappa shape index (κ1) is 24.1. The third-order valence-electron chi connectivity index (χ3n) is 7.23. The molecule has 1 amide bonds. The summed E-state index contributed by atoms with van der Waals surface area (Å²) >= 11 is 3.35. The molecule has 180 valence electrons. The quantitative estimate of drug-likeness (QED) is 0.278. The number of phenolic OH excluding ortho intramolecular Hbond substituents is 1. The Balaban J connectivity index is 2.06. The van der Waals surface area contributed by atoms with Gasteiger partial charge in [-0.25, -0.2) is 0 Å². The van der Waals surface area contributed by atoms with Gasteiger partial charge in [-0.3, -0.25) is 24.1 Å². The Bertz CT molecular complexity index is 1270. The maximum Gasteiger partial charge on any atom is 0.255 e. The minimum Gasteiger partial charge on any atom is -0.508 e. The van der Waals surface area contributed by atoms with Gasteiger partial charge in [-0.1, -0.05) is 22.9 Å². The van der Waals surface area contributed by atoms with Crippen molar-refractivity contribution in [2.45, 2.75) is 31.4 Å². The number of Topliss-reactive ketones (excluding diaryl/α,β-unsaturated/α-hetero) is 2. The van der Waals surface area contributed by atoms with E-state index in [1.165, 1.54) is 25.1 Å². The van der Waals surface area contributed by atoms with E-state index >= 15 is 0 Å². The molecule has 1 aromatic carbocycles. The van der Waals surface area contributed by atoms with Gasteiger partial charge in [0.2, 0.25) is 5.78 Å². The number of nitrogens with zero attached hydrogens (tertiary/aromatic N) is 1. The molecule has 1 unspecified atom stereocenters. The van der Waals surface area contributed by atoms with Crippen LogP contribution in [0.3, 0.4) is 0 Å². The van der Waals surface area contributed by atoms with Crippen LogP contribution in [-0.4, -0.2) is 74.8 Å². The van der Waals surface area contributed by atoms with Crippen molar-refractivity contribution >= 4 is 45.4 Å². The van der Waals surface area contributed by atoms with Crippen molar-refractivity contribution in [1.82, 2.24) is 4.90 Å². The molecule has 4 rings (SSSR count). The first-order valence-corrected chi connectivity index (χ1v) is 11.2. The van der Waals surface area contributed by atoms with Crippen molar-refractivity contribution in [2.24, 2.45) is 17.1 Å². The lowest BCUT2D eigenvalue weighted by molar-refractivity contribution is -0.156. The summed E-state index contributed by atoms with van der Waals surface area (Å²) in [6.45, 7) is 1.66. The number of ketones is 2. The molecule has 11 heteroatoms. The molecule has 1 saturated carbocycles. The summed E-state index contributed by atoms with van der Waals surface area (Å²) in [5, 5.41) is 44.2. The number of likely N-dealkylation sites (N-methyl/N-ethyl adjacent to an activating group) is 1. The molecular formula is C23H23BrN2O8. The molecule has 34 heavy (non-hydrogen) atoms. The summed E-state index contributed by atoms with van der Waals surface area (Å²) in [5.41, 5.74) is 0.461. The van der Waals surface area contributed by atoms with Crippen LogP contribution in [0.15, 0.2) is 27.4 Å². The van der Waals surface area contributed by atoms with Crippen LogP contribution >= 0.6 is 15.9 Å². The van der Waals surface area contributed by atoms with Gasteiger partial charge in [0.15, 0.2) is 17.7 Å². The standard InChI is InChI=1S/C23H23BrN2O8/c1-22-5-9-11(24)4-8(7-27)16(28)12(9)17(29)14(22)20(32)23(34)10(6-22)15(26(2)3)18(30)13(19(23)31)21(25)33/h4,7,10,15,28-29,31,34H,5-6H2,1-3H3,(H2,25,33)/t10-,15?,22-,23-/m1/s1. The van der Waals surface area contributed by atoms with Crippen molar-refractivity contribution in [3.63, 3.8) is 0 Å². The second-order valence-corrected chi connectivity index (χ2v) is 10.3. The maximum absolute atomic E-state index is 13.8. The minimum absolute atomic E-state index is 0.0403. The fourth-order valence-electron chi connectivity index (χ4n) is 5.75. The first-order valence-electron chi connectivity index (χ1n) is 10.4. The smallest absolute Gasteiger partial charge is 0.255 e. The van der Waals surface area contributed by atoms with Crippen molar-refractivity contribution in [1.29, 1.82) is 0 Å². The van der Waals surface area contributed by atoms with Crippen molar-refractivity contribution in [3.8, 4) is 5.75 Å². The summed E-state index contributed by atoms with van der Waals surface area (Å²) in [5.74, 6) is -6.75. The average molecular weight is 535 g/mol. The predicted molar refractivity (Wildman–Crippen MR) is 122 cm³/mol. The van der Waals surface area contributed by atoms with Crippen molar-refractivity contribution in [3.05, 3.63) is 44.1 Å². The Kier molecular flexibility index (Phi) is 5.31. The Morgan fingerprint density at radius 2 is 1.88 bits per heavy atom. The number of primary amides is 1. The second-order valence-electron chi connectivity index (χ2n) is 9.50. The number of aromatic hydroxyl groups is 1. The van der Waals surface area contributed by atoms with E-state index in [0.29, 0.717) is 16.3 Å².